The Bertz CT molecular complexity index is 1240. The van der Waals surface area contributed by atoms with Gasteiger partial charge in [-0.1, -0.05) is 71.7 Å². The molecule has 1 aliphatic rings. The molecule has 1 atom stereocenters. The molecule has 0 aromatic heterocycles. The van der Waals surface area contributed by atoms with Crippen molar-refractivity contribution in [2.24, 2.45) is 5.92 Å². The van der Waals surface area contributed by atoms with E-state index < -0.39 is 0 Å². The number of rotatable bonds is 12. The number of nitrogens with zero attached hydrogens (tertiary/aromatic N) is 1. The van der Waals surface area contributed by atoms with E-state index in [4.69, 9.17) is 27.9 Å². The number of likely N-dealkylation sites (tertiary alicyclic amines) is 1. The Balaban J connectivity index is 0.00000462. The first kappa shape index (κ1) is 33.3. The summed E-state index contributed by atoms with van der Waals surface area (Å²) in [5.41, 5.74) is 3.49. The Morgan fingerprint density at radius 1 is 0.951 bits per heavy atom. The third kappa shape index (κ3) is 10.5. The van der Waals surface area contributed by atoms with E-state index in [0.717, 1.165) is 40.7 Å². The van der Waals surface area contributed by atoms with Crippen molar-refractivity contribution in [1.29, 1.82) is 0 Å². The van der Waals surface area contributed by atoms with Crippen LogP contribution in [0.25, 0.3) is 0 Å². The third-order valence-corrected chi connectivity index (χ3v) is 8.82. The highest BCUT2D eigenvalue weighted by Crippen LogP contribution is 2.33. The van der Waals surface area contributed by atoms with E-state index >= 15 is 0 Å². The number of halogens is 3. The fraction of sp³-hybridized carbons (Fsp3) is 0.441. The second kappa shape index (κ2) is 15.8. The summed E-state index contributed by atoms with van der Waals surface area (Å²) in [6.07, 6.45) is 5.03. The highest BCUT2D eigenvalue weighted by Gasteiger charge is 2.30. The molecule has 1 unspecified atom stereocenters. The van der Waals surface area contributed by atoms with Crippen LogP contribution >= 0.6 is 35.6 Å². The van der Waals surface area contributed by atoms with Gasteiger partial charge in [-0.3, -0.25) is 4.79 Å². The fourth-order valence-corrected chi connectivity index (χ4v) is 6.10. The lowest BCUT2D eigenvalue weighted by Crippen LogP contribution is -2.49. The Morgan fingerprint density at radius 2 is 1.66 bits per heavy atom. The molecular formula is C34H44Cl3N2O2+. The molecule has 0 spiro atoms. The number of carbonyl (C=O) groups excluding carboxylic acids is 1. The summed E-state index contributed by atoms with van der Waals surface area (Å²) < 4.78 is 6.90. The number of quaternary nitrogens is 1. The molecule has 1 saturated heterocycles. The van der Waals surface area contributed by atoms with Gasteiger partial charge in [0.2, 0.25) is 5.91 Å². The fourth-order valence-electron chi connectivity index (χ4n) is 5.79. The SMILES string of the molecule is CC(C)Oc1cccc(CC(=O)NCC(CCC2CC[N+](C)(Cc3ccccc3)CC2)c2ccc(Cl)c(Cl)c2)c1.Cl. The highest BCUT2D eigenvalue weighted by molar-refractivity contribution is 6.42. The molecule has 4 rings (SSSR count). The van der Waals surface area contributed by atoms with E-state index in [1.54, 1.807) is 0 Å². The van der Waals surface area contributed by atoms with E-state index in [1.165, 1.54) is 31.5 Å². The van der Waals surface area contributed by atoms with Crippen LogP contribution in [0, 0.1) is 5.92 Å². The average molecular weight is 619 g/mol. The second-order valence-electron chi connectivity index (χ2n) is 11.9. The van der Waals surface area contributed by atoms with Crippen molar-refractivity contribution in [3.63, 3.8) is 0 Å². The molecule has 0 saturated carbocycles. The van der Waals surface area contributed by atoms with E-state index in [0.29, 0.717) is 28.9 Å². The van der Waals surface area contributed by atoms with Gasteiger partial charge in [0.1, 0.15) is 12.3 Å². The van der Waals surface area contributed by atoms with Crippen LogP contribution in [0.1, 0.15) is 62.1 Å². The third-order valence-electron chi connectivity index (χ3n) is 8.08. The molecule has 222 valence electrons. The molecule has 0 radical (unpaired) electrons. The van der Waals surface area contributed by atoms with Crippen LogP contribution in [0.5, 0.6) is 5.75 Å². The van der Waals surface area contributed by atoms with E-state index in [2.05, 4.69) is 42.7 Å². The number of nitrogens with one attached hydrogen (secondary N) is 1. The molecule has 1 heterocycles. The Labute approximate surface area is 262 Å². The maximum absolute atomic E-state index is 12.9. The summed E-state index contributed by atoms with van der Waals surface area (Å²) >= 11 is 12.6. The Kier molecular flexibility index (Phi) is 12.8. The van der Waals surface area contributed by atoms with Crippen LogP contribution in [0.2, 0.25) is 10.0 Å². The van der Waals surface area contributed by atoms with Crippen LogP contribution in [0.3, 0.4) is 0 Å². The topological polar surface area (TPSA) is 38.3 Å². The van der Waals surface area contributed by atoms with Gasteiger partial charge < -0.3 is 14.5 Å². The summed E-state index contributed by atoms with van der Waals surface area (Å²) in [7, 11) is 2.39. The second-order valence-corrected chi connectivity index (χ2v) is 12.7. The number of hydrogen-bond acceptors (Lipinski definition) is 2. The number of ether oxygens (including phenoxy) is 1. The van der Waals surface area contributed by atoms with Gasteiger partial charge in [-0.05, 0) is 80.8 Å². The molecule has 41 heavy (non-hydrogen) atoms. The van der Waals surface area contributed by atoms with Gasteiger partial charge in [-0.2, -0.15) is 0 Å². The lowest BCUT2D eigenvalue weighted by atomic mass is 9.85. The number of benzene rings is 3. The maximum atomic E-state index is 12.9. The summed E-state index contributed by atoms with van der Waals surface area (Å²) in [6, 6.07) is 24.5. The van der Waals surface area contributed by atoms with Crippen molar-refractivity contribution in [1.82, 2.24) is 5.32 Å². The number of hydrogen-bond donors (Lipinski definition) is 1. The van der Waals surface area contributed by atoms with Gasteiger partial charge in [0.15, 0.2) is 0 Å². The monoisotopic (exact) mass is 617 g/mol. The predicted octanol–water partition coefficient (Wildman–Crippen LogP) is 8.48. The van der Waals surface area contributed by atoms with Crippen LogP contribution in [0.4, 0.5) is 0 Å². The van der Waals surface area contributed by atoms with Crippen molar-refractivity contribution in [2.75, 3.05) is 26.7 Å². The zero-order valence-electron chi connectivity index (χ0n) is 24.5. The summed E-state index contributed by atoms with van der Waals surface area (Å²) in [4.78, 5) is 12.9. The van der Waals surface area contributed by atoms with Crippen molar-refractivity contribution in [3.05, 3.63) is 99.5 Å². The predicted molar refractivity (Wildman–Crippen MR) is 173 cm³/mol. The Morgan fingerprint density at radius 3 is 2.34 bits per heavy atom. The van der Waals surface area contributed by atoms with Crippen LogP contribution in [-0.4, -0.2) is 43.2 Å². The van der Waals surface area contributed by atoms with Crippen molar-refractivity contribution in [3.8, 4) is 5.75 Å². The van der Waals surface area contributed by atoms with Crippen LogP contribution < -0.4 is 10.1 Å². The summed E-state index contributed by atoms with van der Waals surface area (Å²) in [5.74, 6) is 1.69. The summed E-state index contributed by atoms with van der Waals surface area (Å²) in [5, 5.41) is 4.31. The standard InChI is InChI=1S/C34H42Cl2N2O2.ClH/c1-25(2)40-31-11-7-10-28(20-31)21-34(39)37-23-30(29-14-15-32(35)33(36)22-29)13-12-26-16-18-38(3,19-17-26)24-27-8-5-4-6-9-27;/h4-11,14-15,20,22,25-26,30H,12-13,16-19,21,23-24H2,1-3H3;1H/p+1. The molecule has 0 aliphatic carbocycles. The smallest absolute Gasteiger partial charge is 0.224 e. The minimum atomic E-state index is 0. The largest absolute Gasteiger partial charge is 0.491 e. The first-order chi connectivity index (χ1) is 19.2. The Hall–Kier alpha value is -2.24. The van der Waals surface area contributed by atoms with Gasteiger partial charge in [0.05, 0.1) is 42.7 Å². The minimum absolute atomic E-state index is 0. The zero-order chi connectivity index (χ0) is 28.5. The lowest BCUT2D eigenvalue weighted by molar-refractivity contribution is -0.928. The summed E-state index contributed by atoms with van der Waals surface area (Å²) in [6.45, 7) is 8.07. The maximum Gasteiger partial charge on any atom is 0.224 e. The molecular weight excluding hydrogens is 575 g/mol. The molecule has 0 bridgehead atoms. The van der Waals surface area contributed by atoms with E-state index in [9.17, 15) is 4.79 Å². The molecule has 3 aromatic rings. The molecule has 3 aromatic carbocycles. The molecule has 4 nitrogen and oxygen atoms in total. The number of piperidine rings is 1. The zero-order valence-corrected chi connectivity index (χ0v) is 26.8. The van der Waals surface area contributed by atoms with Crippen molar-refractivity contribution in [2.45, 2.75) is 64.5 Å². The van der Waals surface area contributed by atoms with Gasteiger partial charge in [-0.15, -0.1) is 12.4 Å². The van der Waals surface area contributed by atoms with Crippen molar-refractivity contribution < 1.29 is 14.0 Å². The molecule has 1 amide bonds. The minimum Gasteiger partial charge on any atom is -0.491 e. The quantitative estimate of drug-likeness (QED) is 0.207. The number of amides is 1. The van der Waals surface area contributed by atoms with Crippen LogP contribution in [-0.2, 0) is 17.8 Å². The van der Waals surface area contributed by atoms with Gasteiger partial charge >= 0.3 is 0 Å². The first-order valence-electron chi connectivity index (χ1n) is 14.5. The highest BCUT2D eigenvalue weighted by atomic mass is 35.5. The molecule has 7 heteroatoms. The average Bonchev–Trinajstić information content (AvgIpc) is 2.92. The van der Waals surface area contributed by atoms with Gasteiger partial charge in [0, 0.05) is 18.0 Å². The number of carbonyl (C=O) groups is 1. The molecule has 1 N–H and O–H groups in total. The van der Waals surface area contributed by atoms with Crippen molar-refractivity contribution >= 4 is 41.5 Å². The van der Waals surface area contributed by atoms with Gasteiger partial charge in [0.25, 0.3) is 0 Å². The first-order valence-corrected chi connectivity index (χ1v) is 15.3. The normalized spacial score (nSPS) is 19.3. The van der Waals surface area contributed by atoms with Gasteiger partial charge in [-0.25, -0.2) is 0 Å². The van der Waals surface area contributed by atoms with E-state index in [1.807, 2.05) is 56.3 Å². The lowest BCUT2D eigenvalue weighted by Gasteiger charge is -2.41. The molecule has 1 fully saturated rings. The van der Waals surface area contributed by atoms with E-state index in [-0.39, 0.29) is 30.3 Å². The molecule has 1 aliphatic heterocycles. The van der Waals surface area contributed by atoms with Crippen LogP contribution in [0.15, 0.2) is 72.8 Å².